The molecule has 3 aromatic rings. The molecule has 1 N–H and O–H groups in total. The first-order chi connectivity index (χ1) is 14.2. The van der Waals surface area contributed by atoms with E-state index in [1.807, 2.05) is 64.8 Å². The fraction of sp³-hybridized carbons (Fsp3) is 0.318. The molecule has 1 unspecified atom stereocenters. The van der Waals surface area contributed by atoms with Crippen LogP contribution in [-0.2, 0) is 22.4 Å². The van der Waals surface area contributed by atoms with Crippen molar-refractivity contribution in [2.24, 2.45) is 0 Å². The number of hydrogen-bond acceptors (Lipinski definition) is 4. The largest absolute Gasteiger partial charge is 0.354 e. The zero-order chi connectivity index (χ0) is 20.1. The van der Waals surface area contributed by atoms with Crippen molar-refractivity contribution < 1.29 is 9.59 Å². The highest BCUT2D eigenvalue weighted by atomic mass is 32.1. The molecule has 7 heteroatoms. The van der Waals surface area contributed by atoms with E-state index in [2.05, 4.69) is 10.4 Å². The molecule has 0 aliphatic carbocycles. The molecule has 6 nitrogen and oxygen atoms in total. The van der Waals surface area contributed by atoms with E-state index in [0.717, 1.165) is 29.1 Å². The summed E-state index contributed by atoms with van der Waals surface area (Å²) < 4.78 is 1.83. The minimum Gasteiger partial charge on any atom is -0.354 e. The summed E-state index contributed by atoms with van der Waals surface area (Å²) in [6.07, 6.45) is 4.55. The van der Waals surface area contributed by atoms with E-state index in [-0.39, 0.29) is 17.9 Å². The number of carbonyl (C=O) groups is 2. The molecule has 1 fully saturated rings. The normalized spacial score (nSPS) is 16.1. The third-order valence-electron chi connectivity index (χ3n) is 5.13. The number of rotatable bonds is 7. The highest BCUT2D eigenvalue weighted by Crippen LogP contribution is 2.20. The summed E-state index contributed by atoms with van der Waals surface area (Å²) in [4.78, 5) is 28.0. The van der Waals surface area contributed by atoms with Crippen LogP contribution in [0.1, 0.15) is 23.4 Å². The fourth-order valence-corrected chi connectivity index (χ4v) is 4.35. The SMILES string of the molecule is O=C(NCCc1ccn(-c2ccccc2)n1)C1CCCN1C(=O)Cc1cccs1. The molecular formula is C22H24N4O2S. The average molecular weight is 409 g/mol. The van der Waals surface area contributed by atoms with Crippen molar-refractivity contribution >= 4 is 23.2 Å². The maximum atomic E-state index is 12.7. The summed E-state index contributed by atoms with van der Waals surface area (Å²) in [5.41, 5.74) is 1.93. The van der Waals surface area contributed by atoms with Gasteiger partial charge in [0.25, 0.3) is 0 Å². The molecule has 0 saturated carbocycles. The standard InChI is InChI=1S/C22H24N4O2S/c27-21(16-19-8-5-15-29-19)25-13-4-9-20(25)22(28)23-12-10-17-11-14-26(24-17)18-6-2-1-3-7-18/h1-3,5-8,11,14-15,20H,4,9-10,12-13,16H2,(H,23,28). The fourth-order valence-electron chi connectivity index (χ4n) is 3.65. The second-order valence-corrected chi connectivity index (χ2v) is 8.16. The van der Waals surface area contributed by atoms with Crippen LogP contribution in [0.3, 0.4) is 0 Å². The third-order valence-corrected chi connectivity index (χ3v) is 6.00. The summed E-state index contributed by atoms with van der Waals surface area (Å²) in [7, 11) is 0. The van der Waals surface area contributed by atoms with Gasteiger partial charge in [0.2, 0.25) is 11.8 Å². The Bertz CT molecular complexity index is 952. The lowest BCUT2D eigenvalue weighted by Crippen LogP contribution is -2.46. The van der Waals surface area contributed by atoms with Gasteiger partial charge in [0, 0.05) is 30.6 Å². The highest BCUT2D eigenvalue weighted by molar-refractivity contribution is 7.10. The van der Waals surface area contributed by atoms with Gasteiger partial charge < -0.3 is 10.2 Å². The van der Waals surface area contributed by atoms with Crippen molar-refractivity contribution in [1.29, 1.82) is 0 Å². The molecule has 150 valence electrons. The number of benzene rings is 1. The van der Waals surface area contributed by atoms with Gasteiger partial charge in [-0.1, -0.05) is 24.3 Å². The van der Waals surface area contributed by atoms with Crippen molar-refractivity contribution in [2.45, 2.75) is 31.7 Å². The van der Waals surface area contributed by atoms with Gasteiger partial charge in [0.15, 0.2) is 0 Å². The van der Waals surface area contributed by atoms with Gasteiger partial charge in [-0.3, -0.25) is 9.59 Å². The van der Waals surface area contributed by atoms with Gasteiger partial charge in [0.05, 0.1) is 17.8 Å². The van der Waals surface area contributed by atoms with E-state index in [1.54, 1.807) is 16.2 Å². The topological polar surface area (TPSA) is 67.2 Å². The Morgan fingerprint density at radius 1 is 1.14 bits per heavy atom. The number of carbonyl (C=O) groups excluding carboxylic acids is 2. The molecule has 2 amide bonds. The third kappa shape index (κ3) is 4.74. The number of amides is 2. The molecule has 0 radical (unpaired) electrons. The van der Waals surface area contributed by atoms with Crippen molar-refractivity contribution in [1.82, 2.24) is 20.0 Å². The molecule has 2 aromatic heterocycles. The number of nitrogens with zero attached hydrogens (tertiary/aromatic N) is 3. The first kappa shape index (κ1) is 19.4. The van der Waals surface area contributed by atoms with Gasteiger partial charge in [-0.2, -0.15) is 5.10 Å². The van der Waals surface area contributed by atoms with Crippen molar-refractivity contribution in [2.75, 3.05) is 13.1 Å². The first-order valence-corrected chi connectivity index (χ1v) is 10.8. The second-order valence-electron chi connectivity index (χ2n) is 7.13. The van der Waals surface area contributed by atoms with Crippen molar-refractivity contribution in [3.63, 3.8) is 0 Å². The maximum Gasteiger partial charge on any atom is 0.242 e. The summed E-state index contributed by atoms with van der Waals surface area (Å²) in [6.45, 7) is 1.16. The van der Waals surface area contributed by atoms with Gasteiger partial charge in [-0.05, 0) is 42.5 Å². The quantitative estimate of drug-likeness (QED) is 0.654. The number of aromatic nitrogens is 2. The van der Waals surface area contributed by atoms with Crippen LogP contribution in [0.5, 0.6) is 0 Å². The van der Waals surface area contributed by atoms with Crippen LogP contribution in [0.15, 0.2) is 60.1 Å². The first-order valence-electron chi connectivity index (χ1n) is 9.90. The van der Waals surface area contributed by atoms with Crippen molar-refractivity contribution in [3.8, 4) is 5.69 Å². The van der Waals surface area contributed by atoms with Crippen LogP contribution in [0.2, 0.25) is 0 Å². The molecule has 0 bridgehead atoms. The van der Waals surface area contributed by atoms with E-state index in [0.29, 0.717) is 25.9 Å². The molecule has 1 aliphatic rings. The zero-order valence-electron chi connectivity index (χ0n) is 16.2. The van der Waals surface area contributed by atoms with Crippen LogP contribution in [0, 0.1) is 0 Å². The average Bonchev–Trinajstić information content (AvgIpc) is 3.50. The van der Waals surface area contributed by atoms with E-state index >= 15 is 0 Å². The van der Waals surface area contributed by atoms with Crippen LogP contribution in [-0.4, -0.2) is 45.6 Å². The summed E-state index contributed by atoms with van der Waals surface area (Å²) >= 11 is 1.57. The van der Waals surface area contributed by atoms with Gasteiger partial charge in [-0.15, -0.1) is 11.3 Å². The van der Waals surface area contributed by atoms with Gasteiger partial charge in [-0.25, -0.2) is 4.68 Å². The summed E-state index contributed by atoms with van der Waals surface area (Å²) in [6, 6.07) is 15.4. The Hall–Kier alpha value is -2.93. The lowest BCUT2D eigenvalue weighted by molar-refractivity contribution is -0.137. The van der Waals surface area contributed by atoms with E-state index in [9.17, 15) is 9.59 Å². The number of likely N-dealkylation sites (tertiary alicyclic amines) is 1. The minimum absolute atomic E-state index is 0.0340. The Labute approximate surface area is 174 Å². The van der Waals surface area contributed by atoms with Gasteiger partial charge >= 0.3 is 0 Å². The molecule has 1 aliphatic heterocycles. The molecule has 3 heterocycles. The zero-order valence-corrected chi connectivity index (χ0v) is 17.0. The molecular weight excluding hydrogens is 384 g/mol. The van der Waals surface area contributed by atoms with Crippen LogP contribution < -0.4 is 5.32 Å². The summed E-state index contributed by atoms with van der Waals surface area (Å²) in [5, 5.41) is 9.52. The Morgan fingerprint density at radius 3 is 2.79 bits per heavy atom. The predicted molar refractivity (Wildman–Crippen MR) is 113 cm³/mol. The number of hydrogen-bond donors (Lipinski definition) is 1. The Morgan fingerprint density at radius 2 is 2.00 bits per heavy atom. The highest BCUT2D eigenvalue weighted by Gasteiger charge is 2.33. The second kappa shape index (κ2) is 9.05. The lowest BCUT2D eigenvalue weighted by Gasteiger charge is -2.23. The van der Waals surface area contributed by atoms with Crippen LogP contribution in [0.25, 0.3) is 5.69 Å². The molecule has 0 spiro atoms. The molecule has 1 aromatic carbocycles. The van der Waals surface area contributed by atoms with E-state index in [4.69, 9.17) is 0 Å². The molecule has 1 atom stereocenters. The molecule has 4 rings (SSSR count). The lowest BCUT2D eigenvalue weighted by atomic mass is 10.2. The molecule has 1 saturated heterocycles. The number of para-hydroxylation sites is 1. The monoisotopic (exact) mass is 408 g/mol. The number of thiophene rings is 1. The van der Waals surface area contributed by atoms with Crippen LogP contribution >= 0.6 is 11.3 Å². The maximum absolute atomic E-state index is 12.7. The predicted octanol–water partition coefficient (Wildman–Crippen LogP) is 2.83. The molecule has 29 heavy (non-hydrogen) atoms. The van der Waals surface area contributed by atoms with Crippen molar-refractivity contribution in [3.05, 3.63) is 70.7 Å². The van der Waals surface area contributed by atoms with E-state index in [1.165, 1.54) is 0 Å². The van der Waals surface area contributed by atoms with Gasteiger partial charge in [0.1, 0.15) is 6.04 Å². The number of nitrogens with one attached hydrogen (secondary N) is 1. The van der Waals surface area contributed by atoms with E-state index < -0.39 is 0 Å². The van der Waals surface area contributed by atoms with Crippen LogP contribution in [0.4, 0.5) is 0 Å². The Kier molecular flexibility index (Phi) is 6.05. The summed E-state index contributed by atoms with van der Waals surface area (Å²) in [5.74, 6) is -0.0313. The Balaban J connectivity index is 1.28. The minimum atomic E-state index is -0.357. The smallest absolute Gasteiger partial charge is 0.242 e.